The molecule has 0 aliphatic carbocycles. The van der Waals surface area contributed by atoms with Crippen molar-refractivity contribution in [3.05, 3.63) is 41.7 Å². The largest absolute Gasteiger partial charge is 0.391 e. The van der Waals surface area contributed by atoms with Gasteiger partial charge in [0.25, 0.3) is 11.8 Å². The predicted molar refractivity (Wildman–Crippen MR) is 93.6 cm³/mol. The maximum atomic E-state index is 12.3. The molecular weight excluding hydrogens is 322 g/mol. The Morgan fingerprint density at radius 2 is 1.96 bits per heavy atom. The van der Waals surface area contributed by atoms with E-state index in [9.17, 15) is 14.7 Å². The van der Waals surface area contributed by atoms with E-state index >= 15 is 0 Å². The molecule has 0 bridgehead atoms. The average molecular weight is 341 g/mol. The average Bonchev–Trinajstić information content (AvgIpc) is 2.98. The summed E-state index contributed by atoms with van der Waals surface area (Å²) >= 11 is 0. The van der Waals surface area contributed by atoms with Gasteiger partial charge in [-0.3, -0.25) is 20.4 Å². The number of nitrogens with zero attached hydrogens (tertiary/aromatic N) is 1. The number of hydrazine groups is 1. The van der Waals surface area contributed by atoms with E-state index in [0.29, 0.717) is 5.69 Å². The van der Waals surface area contributed by atoms with Crippen LogP contribution in [0.1, 0.15) is 23.1 Å². The summed E-state index contributed by atoms with van der Waals surface area (Å²) in [5, 5.41) is 11.1. The molecule has 8 heteroatoms. The first-order valence-corrected chi connectivity index (χ1v) is 7.80. The van der Waals surface area contributed by atoms with Crippen LogP contribution in [-0.2, 0) is 4.79 Å². The number of pyridine rings is 1. The number of amides is 2. The number of benzene rings is 1. The van der Waals surface area contributed by atoms with Crippen LogP contribution in [0.2, 0.25) is 0 Å². The number of para-hydroxylation sites is 1. The smallest absolute Gasteiger partial charge is 0.288 e. The lowest BCUT2D eigenvalue weighted by molar-refractivity contribution is -0.125. The third kappa shape index (κ3) is 3.17. The van der Waals surface area contributed by atoms with E-state index in [4.69, 9.17) is 5.73 Å². The molecule has 0 saturated carbocycles. The van der Waals surface area contributed by atoms with E-state index in [2.05, 4.69) is 20.8 Å². The number of rotatable bonds is 3. The van der Waals surface area contributed by atoms with E-state index < -0.39 is 24.0 Å². The van der Waals surface area contributed by atoms with Crippen molar-refractivity contribution < 1.29 is 14.7 Å². The molecular formula is C17H19N5O3. The Balaban J connectivity index is 1.87. The predicted octanol–water partition coefficient (Wildman–Crippen LogP) is 0.494. The van der Waals surface area contributed by atoms with Gasteiger partial charge in [-0.15, -0.1) is 0 Å². The van der Waals surface area contributed by atoms with Crippen LogP contribution in [0.5, 0.6) is 0 Å². The van der Waals surface area contributed by atoms with Gasteiger partial charge < -0.3 is 15.8 Å². The monoisotopic (exact) mass is 341 g/mol. The molecule has 2 amide bonds. The number of carbonyl (C=O) groups is 2. The number of aryl methyl sites for hydroxylation is 1. The number of aromatic nitrogens is 2. The van der Waals surface area contributed by atoms with Gasteiger partial charge in [0.05, 0.1) is 17.3 Å². The van der Waals surface area contributed by atoms with Gasteiger partial charge in [-0.2, -0.15) is 0 Å². The highest BCUT2D eigenvalue weighted by atomic mass is 16.3. The summed E-state index contributed by atoms with van der Waals surface area (Å²) in [6, 6.07) is 8.28. The minimum absolute atomic E-state index is 0.167. The van der Waals surface area contributed by atoms with Gasteiger partial charge in [0, 0.05) is 16.3 Å². The standard InChI is InChI=1S/C17H19N5O3/c1-8-15-11(10-5-3-4-6-12(10)20-15)7-13(19-8)16(24)21-22-17(25)14(18)9(2)23/h3-7,9,14,20,23H,18H2,1-2H3,(H,21,24)(H,22,25)/t9-,14+/m1/s1. The van der Waals surface area contributed by atoms with Crippen LogP contribution in [0.4, 0.5) is 0 Å². The van der Waals surface area contributed by atoms with Crippen molar-refractivity contribution in [3.63, 3.8) is 0 Å². The molecule has 0 spiro atoms. The highest BCUT2D eigenvalue weighted by molar-refractivity contribution is 6.10. The fourth-order valence-corrected chi connectivity index (χ4v) is 2.61. The van der Waals surface area contributed by atoms with Gasteiger partial charge in [0.2, 0.25) is 0 Å². The van der Waals surface area contributed by atoms with Crippen molar-refractivity contribution in [2.24, 2.45) is 5.73 Å². The number of aliphatic hydroxyl groups is 1. The minimum Gasteiger partial charge on any atom is -0.391 e. The van der Waals surface area contributed by atoms with Gasteiger partial charge in [-0.25, -0.2) is 4.98 Å². The molecule has 1 aromatic carbocycles. The Hall–Kier alpha value is -2.97. The molecule has 2 aromatic heterocycles. The van der Waals surface area contributed by atoms with Gasteiger partial charge in [-0.1, -0.05) is 18.2 Å². The van der Waals surface area contributed by atoms with Crippen LogP contribution < -0.4 is 16.6 Å². The maximum absolute atomic E-state index is 12.3. The Labute approximate surface area is 143 Å². The summed E-state index contributed by atoms with van der Waals surface area (Å²) in [7, 11) is 0. The zero-order valence-corrected chi connectivity index (χ0v) is 13.8. The lowest BCUT2D eigenvalue weighted by atomic mass is 10.1. The molecule has 0 fully saturated rings. The van der Waals surface area contributed by atoms with Crippen LogP contribution in [-0.4, -0.2) is 39.0 Å². The normalized spacial score (nSPS) is 13.6. The van der Waals surface area contributed by atoms with Crippen LogP contribution in [0, 0.1) is 6.92 Å². The van der Waals surface area contributed by atoms with E-state index in [1.807, 2.05) is 24.3 Å². The molecule has 2 heterocycles. The number of hydrogen-bond donors (Lipinski definition) is 5. The number of carbonyl (C=O) groups excluding carboxylic acids is 2. The highest BCUT2D eigenvalue weighted by Crippen LogP contribution is 2.27. The summed E-state index contributed by atoms with van der Waals surface area (Å²) < 4.78 is 0. The van der Waals surface area contributed by atoms with Crippen molar-refractivity contribution in [3.8, 4) is 0 Å². The van der Waals surface area contributed by atoms with Crippen molar-refractivity contribution >= 4 is 33.6 Å². The van der Waals surface area contributed by atoms with Gasteiger partial charge in [-0.05, 0) is 26.0 Å². The second-order valence-corrected chi connectivity index (χ2v) is 5.90. The Morgan fingerprint density at radius 1 is 1.24 bits per heavy atom. The minimum atomic E-state index is -1.13. The zero-order valence-electron chi connectivity index (χ0n) is 13.8. The van der Waals surface area contributed by atoms with E-state index in [0.717, 1.165) is 21.8 Å². The number of fused-ring (bicyclic) bond motifs is 3. The molecule has 0 radical (unpaired) electrons. The molecule has 0 aliphatic heterocycles. The molecule has 0 aliphatic rings. The molecule has 3 rings (SSSR count). The fourth-order valence-electron chi connectivity index (χ4n) is 2.61. The first-order chi connectivity index (χ1) is 11.9. The van der Waals surface area contributed by atoms with Crippen molar-refractivity contribution in [2.45, 2.75) is 26.0 Å². The lowest BCUT2D eigenvalue weighted by Gasteiger charge is -2.14. The third-order valence-corrected chi connectivity index (χ3v) is 4.03. The van der Waals surface area contributed by atoms with E-state index in [1.54, 1.807) is 13.0 Å². The molecule has 2 atom stereocenters. The number of nitrogens with one attached hydrogen (secondary N) is 3. The van der Waals surface area contributed by atoms with Gasteiger partial charge in [0.15, 0.2) is 0 Å². The Bertz CT molecular complexity index is 963. The molecule has 0 saturated heterocycles. The summed E-state index contributed by atoms with van der Waals surface area (Å²) in [6.07, 6.45) is -1.03. The van der Waals surface area contributed by atoms with Gasteiger partial charge in [0.1, 0.15) is 11.7 Å². The van der Waals surface area contributed by atoms with E-state index in [-0.39, 0.29) is 5.69 Å². The quantitative estimate of drug-likeness (QED) is 0.442. The Morgan fingerprint density at radius 3 is 2.68 bits per heavy atom. The van der Waals surface area contributed by atoms with Crippen LogP contribution in [0.15, 0.2) is 30.3 Å². The number of aromatic amines is 1. The second-order valence-electron chi connectivity index (χ2n) is 5.90. The van der Waals surface area contributed by atoms with Crippen LogP contribution in [0.3, 0.4) is 0 Å². The van der Waals surface area contributed by atoms with Crippen molar-refractivity contribution in [1.82, 2.24) is 20.8 Å². The maximum Gasteiger partial charge on any atom is 0.288 e. The second kappa shape index (κ2) is 6.50. The number of H-pyrrole nitrogens is 1. The first-order valence-electron chi connectivity index (χ1n) is 7.80. The Kier molecular flexibility index (Phi) is 4.39. The van der Waals surface area contributed by atoms with Gasteiger partial charge >= 0.3 is 0 Å². The van der Waals surface area contributed by atoms with Crippen molar-refractivity contribution in [1.29, 1.82) is 0 Å². The lowest BCUT2D eigenvalue weighted by Crippen LogP contribution is -2.53. The summed E-state index contributed by atoms with van der Waals surface area (Å²) in [5.74, 6) is -1.25. The van der Waals surface area contributed by atoms with E-state index in [1.165, 1.54) is 6.92 Å². The summed E-state index contributed by atoms with van der Waals surface area (Å²) in [4.78, 5) is 31.6. The topological polar surface area (TPSA) is 133 Å². The molecule has 130 valence electrons. The fraction of sp³-hybridized carbons (Fsp3) is 0.235. The van der Waals surface area contributed by atoms with Crippen LogP contribution >= 0.6 is 0 Å². The molecule has 8 nitrogen and oxygen atoms in total. The molecule has 25 heavy (non-hydrogen) atoms. The number of nitrogens with two attached hydrogens (primary N) is 1. The summed E-state index contributed by atoms with van der Waals surface area (Å²) in [5.41, 5.74) is 12.6. The molecule has 3 aromatic rings. The first kappa shape index (κ1) is 16.9. The molecule has 0 unspecified atom stereocenters. The highest BCUT2D eigenvalue weighted by Gasteiger charge is 2.20. The third-order valence-electron chi connectivity index (χ3n) is 4.03. The van der Waals surface area contributed by atoms with Crippen molar-refractivity contribution in [2.75, 3.05) is 0 Å². The SMILES string of the molecule is Cc1nc(C(=O)NNC(=O)[C@@H](N)[C@@H](C)O)cc2c1[nH]c1ccccc12. The number of aliphatic hydroxyl groups excluding tert-OH is 1. The summed E-state index contributed by atoms with van der Waals surface area (Å²) in [6.45, 7) is 3.19. The molecule has 6 N–H and O–H groups in total. The zero-order chi connectivity index (χ0) is 18.1. The number of hydrogen-bond acceptors (Lipinski definition) is 5. The van der Waals surface area contributed by atoms with Crippen LogP contribution in [0.25, 0.3) is 21.8 Å².